The SMILES string of the molecule is C#CCCC(=O)C1CCNc2ccccc21. The summed E-state index contributed by atoms with van der Waals surface area (Å²) in [7, 11) is 0. The Morgan fingerprint density at radius 2 is 2.31 bits per heavy atom. The van der Waals surface area contributed by atoms with Gasteiger partial charge in [-0.2, -0.15) is 0 Å². The molecule has 1 aliphatic heterocycles. The van der Waals surface area contributed by atoms with Crippen molar-refractivity contribution in [3.05, 3.63) is 29.8 Å². The van der Waals surface area contributed by atoms with Crippen LogP contribution in [-0.4, -0.2) is 12.3 Å². The highest BCUT2D eigenvalue weighted by atomic mass is 16.1. The molecule has 2 rings (SSSR count). The van der Waals surface area contributed by atoms with Gasteiger partial charge in [-0.05, 0) is 18.1 Å². The van der Waals surface area contributed by atoms with E-state index in [-0.39, 0.29) is 11.7 Å². The van der Waals surface area contributed by atoms with Crippen molar-refractivity contribution in [2.75, 3.05) is 11.9 Å². The number of nitrogens with one attached hydrogen (secondary N) is 1. The van der Waals surface area contributed by atoms with Crippen LogP contribution in [-0.2, 0) is 4.79 Å². The fourth-order valence-corrected chi connectivity index (χ4v) is 2.17. The van der Waals surface area contributed by atoms with Crippen LogP contribution in [0.2, 0.25) is 0 Å². The van der Waals surface area contributed by atoms with Crippen molar-refractivity contribution < 1.29 is 4.79 Å². The minimum Gasteiger partial charge on any atom is -0.385 e. The average Bonchev–Trinajstić information content (AvgIpc) is 2.35. The van der Waals surface area contributed by atoms with Crippen molar-refractivity contribution in [2.45, 2.75) is 25.2 Å². The van der Waals surface area contributed by atoms with E-state index >= 15 is 0 Å². The van der Waals surface area contributed by atoms with Crippen molar-refractivity contribution in [1.82, 2.24) is 0 Å². The van der Waals surface area contributed by atoms with Crippen molar-refractivity contribution in [3.8, 4) is 12.3 Å². The highest BCUT2D eigenvalue weighted by molar-refractivity contribution is 5.88. The molecule has 82 valence electrons. The number of hydrogen-bond acceptors (Lipinski definition) is 2. The largest absolute Gasteiger partial charge is 0.385 e. The maximum atomic E-state index is 12.0. The lowest BCUT2D eigenvalue weighted by Gasteiger charge is -2.25. The summed E-state index contributed by atoms with van der Waals surface area (Å²) >= 11 is 0. The van der Waals surface area contributed by atoms with Crippen LogP contribution in [0.1, 0.15) is 30.7 Å². The number of benzene rings is 1. The van der Waals surface area contributed by atoms with Crippen LogP contribution in [0.15, 0.2) is 24.3 Å². The first kappa shape index (κ1) is 10.8. The van der Waals surface area contributed by atoms with Gasteiger partial charge < -0.3 is 5.32 Å². The van der Waals surface area contributed by atoms with E-state index in [1.54, 1.807) is 0 Å². The molecule has 0 aromatic heterocycles. The van der Waals surface area contributed by atoms with Crippen molar-refractivity contribution in [2.24, 2.45) is 0 Å². The Balaban J connectivity index is 2.19. The molecule has 1 heterocycles. The summed E-state index contributed by atoms with van der Waals surface area (Å²) in [4.78, 5) is 12.0. The van der Waals surface area contributed by atoms with E-state index in [2.05, 4.69) is 11.2 Å². The molecule has 0 spiro atoms. The van der Waals surface area contributed by atoms with Gasteiger partial charge in [0.1, 0.15) is 5.78 Å². The first-order chi connectivity index (χ1) is 7.83. The molecular weight excluding hydrogens is 198 g/mol. The average molecular weight is 213 g/mol. The minimum atomic E-state index is 0.0331. The second-order valence-electron chi connectivity index (χ2n) is 4.03. The van der Waals surface area contributed by atoms with Gasteiger partial charge in [0.15, 0.2) is 0 Å². The molecule has 2 heteroatoms. The van der Waals surface area contributed by atoms with E-state index in [1.807, 2.05) is 24.3 Å². The monoisotopic (exact) mass is 213 g/mol. The number of para-hydroxylation sites is 1. The first-order valence-electron chi connectivity index (χ1n) is 5.62. The second kappa shape index (κ2) is 4.85. The third kappa shape index (κ3) is 2.09. The summed E-state index contributed by atoms with van der Waals surface area (Å²) in [6, 6.07) is 8.02. The Bertz CT molecular complexity index is 431. The fourth-order valence-electron chi connectivity index (χ4n) is 2.17. The van der Waals surface area contributed by atoms with Gasteiger partial charge in [0, 0.05) is 31.0 Å². The quantitative estimate of drug-likeness (QED) is 0.782. The summed E-state index contributed by atoms with van der Waals surface area (Å²) in [5.41, 5.74) is 2.21. The zero-order chi connectivity index (χ0) is 11.4. The van der Waals surface area contributed by atoms with Gasteiger partial charge in [-0.25, -0.2) is 0 Å². The molecule has 0 saturated carbocycles. The Hall–Kier alpha value is -1.75. The van der Waals surface area contributed by atoms with E-state index in [0.717, 1.165) is 24.2 Å². The number of terminal acetylenes is 1. The Kier molecular flexibility index (Phi) is 3.26. The molecule has 1 aromatic carbocycles. The molecular formula is C14H15NO. The predicted molar refractivity (Wildman–Crippen MR) is 65.4 cm³/mol. The van der Waals surface area contributed by atoms with Crippen molar-refractivity contribution in [3.63, 3.8) is 0 Å². The molecule has 1 aromatic rings. The maximum absolute atomic E-state index is 12.0. The molecule has 0 radical (unpaired) electrons. The minimum absolute atomic E-state index is 0.0331. The van der Waals surface area contributed by atoms with Crippen molar-refractivity contribution >= 4 is 11.5 Å². The lowest BCUT2D eigenvalue weighted by Crippen LogP contribution is -2.22. The molecule has 0 bridgehead atoms. The van der Waals surface area contributed by atoms with Gasteiger partial charge in [0.25, 0.3) is 0 Å². The van der Waals surface area contributed by atoms with Crippen LogP contribution < -0.4 is 5.32 Å². The van der Waals surface area contributed by atoms with Gasteiger partial charge in [0.05, 0.1) is 0 Å². The van der Waals surface area contributed by atoms with E-state index in [1.165, 1.54) is 0 Å². The highest BCUT2D eigenvalue weighted by Crippen LogP contribution is 2.32. The summed E-state index contributed by atoms with van der Waals surface area (Å²) < 4.78 is 0. The lowest BCUT2D eigenvalue weighted by atomic mass is 9.86. The molecule has 16 heavy (non-hydrogen) atoms. The number of Topliss-reactive ketones (excluding diaryl/α,β-unsaturated/α-hetero) is 1. The Labute approximate surface area is 96.1 Å². The molecule has 1 N–H and O–H groups in total. The van der Waals surface area contributed by atoms with Gasteiger partial charge in [-0.3, -0.25) is 4.79 Å². The second-order valence-corrected chi connectivity index (χ2v) is 4.03. The topological polar surface area (TPSA) is 29.1 Å². The van der Waals surface area contributed by atoms with Crippen LogP contribution >= 0.6 is 0 Å². The fraction of sp³-hybridized carbons (Fsp3) is 0.357. The van der Waals surface area contributed by atoms with E-state index in [4.69, 9.17) is 6.42 Å². The number of rotatable bonds is 3. The predicted octanol–water partition coefficient (Wildman–Crippen LogP) is 2.57. The number of hydrogen-bond donors (Lipinski definition) is 1. The smallest absolute Gasteiger partial charge is 0.141 e. The van der Waals surface area contributed by atoms with Crippen LogP contribution in [0.3, 0.4) is 0 Å². The molecule has 2 nitrogen and oxygen atoms in total. The van der Waals surface area contributed by atoms with Crippen LogP contribution in [0.25, 0.3) is 0 Å². The standard InChI is InChI=1S/C14H15NO/c1-2-3-8-14(16)12-9-10-15-13-7-5-4-6-11(12)13/h1,4-7,12,15H,3,8-10H2. The summed E-state index contributed by atoms with van der Waals surface area (Å²) in [5.74, 6) is 2.83. The Morgan fingerprint density at radius 1 is 1.50 bits per heavy atom. The molecule has 1 aliphatic rings. The summed E-state index contributed by atoms with van der Waals surface area (Å²) in [6.07, 6.45) is 7.10. The summed E-state index contributed by atoms with van der Waals surface area (Å²) in [5, 5.41) is 3.31. The molecule has 0 saturated heterocycles. The molecule has 1 atom stereocenters. The Morgan fingerprint density at radius 3 is 3.12 bits per heavy atom. The number of carbonyl (C=O) groups is 1. The third-order valence-electron chi connectivity index (χ3n) is 2.99. The molecule has 0 fully saturated rings. The van der Waals surface area contributed by atoms with E-state index in [9.17, 15) is 4.79 Å². The van der Waals surface area contributed by atoms with Gasteiger partial charge in [-0.1, -0.05) is 18.2 Å². The highest BCUT2D eigenvalue weighted by Gasteiger charge is 2.25. The number of ketones is 1. The zero-order valence-corrected chi connectivity index (χ0v) is 9.20. The normalized spacial score (nSPS) is 18.1. The lowest BCUT2D eigenvalue weighted by molar-refractivity contribution is -0.120. The van der Waals surface area contributed by atoms with E-state index < -0.39 is 0 Å². The number of carbonyl (C=O) groups excluding carboxylic acids is 1. The van der Waals surface area contributed by atoms with Crippen LogP contribution in [0.4, 0.5) is 5.69 Å². The summed E-state index contributed by atoms with van der Waals surface area (Å²) in [6.45, 7) is 0.865. The molecule has 0 aliphatic carbocycles. The van der Waals surface area contributed by atoms with Gasteiger partial charge >= 0.3 is 0 Å². The van der Waals surface area contributed by atoms with Gasteiger partial charge in [-0.15, -0.1) is 12.3 Å². The molecule has 0 amide bonds. The van der Waals surface area contributed by atoms with Crippen LogP contribution in [0.5, 0.6) is 0 Å². The first-order valence-corrected chi connectivity index (χ1v) is 5.62. The third-order valence-corrected chi connectivity index (χ3v) is 2.99. The van der Waals surface area contributed by atoms with Crippen LogP contribution in [0, 0.1) is 12.3 Å². The van der Waals surface area contributed by atoms with Crippen molar-refractivity contribution in [1.29, 1.82) is 0 Å². The number of anilines is 1. The van der Waals surface area contributed by atoms with Gasteiger partial charge in [0.2, 0.25) is 0 Å². The maximum Gasteiger partial charge on any atom is 0.141 e. The number of fused-ring (bicyclic) bond motifs is 1. The van der Waals surface area contributed by atoms with E-state index in [0.29, 0.717) is 12.8 Å². The zero-order valence-electron chi connectivity index (χ0n) is 9.20. The molecule has 1 unspecified atom stereocenters.